The lowest BCUT2D eigenvalue weighted by atomic mass is 10.1. The molecule has 19 heavy (non-hydrogen) atoms. The Balaban J connectivity index is 2.08. The number of nitrogens with one attached hydrogen (secondary N) is 1. The van der Waals surface area contributed by atoms with Crippen LogP contribution in [-0.4, -0.2) is 23.5 Å². The minimum atomic E-state index is -0.401. The van der Waals surface area contributed by atoms with Gasteiger partial charge in [-0.15, -0.1) is 0 Å². The predicted molar refractivity (Wildman–Crippen MR) is 72.0 cm³/mol. The van der Waals surface area contributed by atoms with Gasteiger partial charge in [-0.05, 0) is 17.9 Å². The van der Waals surface area contributed by atoms with Gasteiger partial charge in [0.15, 0.2) is 0 Å². The first-order valence-electron chi connectivity index (χ1n) is 6.12. The Bertz CT molecular complexity index is 681. The molecule has 5 nitrogen and oxygen atoms in total. The van der Waals surface area contributed by atoms with Crippen molar-refractivity contribution in [1.82, 2.24) is 10.3 Å². The zero-order chi connectivity index (χ0) is 13.4. The van der Waals surface area contributed by atoms with Gasteiger partial charge >= 0.3 is 6.03 Å². The lowest BCUT2D eigenvalue weighted by Crippen LogP contribution is -2.50. The average Bonchev–Trinajstić information content (AvgIpc) is 2.41. The zero-order valence-electron chi connectivity index (χ0n) is 10.5. The van der Waals surface area contributed by atoms with Gasteiger partial charge in [-0.1, -0.05) is 24.3 Å². The SMILES string of the molecule is Cc1c(N2CCC(=O)NC2=O)ncc2ccccc12. The number of hydrogen-bond donors (Lipinski definition) is 1. The highest BCUT2D eigenvalue weighted by atomic mass is 16.2. The number of imide groups is 1. The summed E-state index contributed by atoms with van der Waals surface area (Å²) in [5, 5.41) is 4.42. The minimum Gasteiger partial charge on any atom is -0.278 e. The molecule has 5 heteroatoms. The quantitative estimate of drug-likeness (QED) is 0.847. The molecule has 0 radical (unpaired) electrons. The number of pyridine rings is 1. The van der Waals surface area contributed by atoms with E-state index in [0.717, 1.165) is 16.3 Å². The van der Waals surface area contributed by atoms with Crippen molar-refractivity contribution >= 4 is 28.5 Å². The van der Waals surface area contributed by atoms with Gasteiger partial charge in [0.1, 0.15) is 5.82 Å². The zero-order valence-corrected chi connectivity index (χ0v) is 10.5. The maximum atomic E-state index is 11.8. The van der Waals surface area contributed by atoms with Crippen LogP contribution in [0, 0.1) is 6.92 Å². The molecule has 0 unspecified atom stereocenters. The van der Waals surface area contributed by atoms with Crippen LogP contribution in [0.3, 0.4) is 0 Å². The summed E-state index contributed by atoms with van der Waals surface area (Å²) < 4.78 is 0. The van der Waals surface area contributed by atoms with Crippen LogP contribution in [0.4, 0.5) is 10.6 Å². The summed E-state index contributed by atoms with van der Waals surface area (Å²) in [6.07, 6.45) is 2.06. The van der Waals surface area contributed by atoms with Gasteiger partial charge in [-0.3, -0.25) is 15.0 Å². The van der Waals surface area contributed by atoms with Gasteiger partial charge in [-0.25, -0.2) is 9.78 Å². The van der Waals surface area contributed by atoms with Crippen LogP contribution in [0.15, 0.2) is 30.5 Å². The number of anilines is 1. The summed E-state index contributed by atoms with van der Waals surface area (Å²) >= 11 is 0. The van der Waals surface area contributed by atoms with E-state index in [-0.39, 0.29) is 5.91 Å². The highest BCUT2D eigenvalue weighted by molar-refractivity contribution is 6.06. The number of fused-ring (bicyclic) bond motifs is 1. The lowest BCUT2D eigenvalue weighted by Gasteiger charge is -2.27. The number of urea groups is 1. The number of aryl methyl sites for hydroxylation is 1. The molecule has 1 saturated heterocycles. The van der Waals surface area contributed by atoms with E-state index in [0.29, 0.717) is 18.8 Å². The fraction of sp³-hybridized carbons (Fsp3) is 0.214. The van der Waals surface area contributed by atoms with Crippen molar-refractivity contribution in [1.29, 1.82) is 0 Å². The number of nitrogens with zero attached hydrogens (tertiary/aromatic N) is 2. The number of hydrogen-bond acceptors (Lipinski definition) is 3. The number of benzene rings is 1. The van der Waals surface area contributed by atoms with Gasteiger partial charge in [0, 0.05) is 24.5 Å². The fourth-order valence-corrected chi connectivity index (χ4v) is 2.34. The largest absolute Gasteiger partial charge is 0.329 e. The Labute approximate surface area is 110 Å². The number of carbonyl (C=O) groups excluding carboxylic acids is 2. The number of aromatic nitrogens is 1. The second kappa shape index (κ2) is 4.35. The van der Waals surface area contributed by atoms with Gasteiger partial charge in [0.25, 0.3) is 0 Å². The topological polar surface area (TPSA) is 62.3 Å². The van der Waals surface area contributed by atoms with Crippen molar-refractivity contribution in [2.24, 2.45) is 0 Å². The molecule has 1 fully saturated rings. The van der Waals surface area contributed by atoms with Gasteiger partial charge in [0.05, 0.1) is 0 Å². The molecule has 0 bridgehead atoms. The Morgan fingerprint density at radius 1 is 1.26 bits per heavy atom. The van der Waals surface area contributed by atoms with E-state index in [9.17, 15) is 9.59 Å². The molecule has 2 aromatic rings. The van der Waals surface area contributed by atoms with Crippen molar-refractivity contribution in [2.45, 2.75) is 13.3 Å². The van der Waals surface area contributed by atoms with E-state index in [1.807, 2.05) is 31.2 Å². The summed E-state index contributed by atoms with van der Waals surface area (Å²) in [7, 11) is 0. The van der Waals surface area contributed by atoms with Crippen LogP contribution in [0.25, 0.3) is 10.8 Å². The molecule has 1 N–H and O–H groups in total. The van der Waals surface area contributed by atoms with Crippen molar-refractivity contribution < 1.29 is 9.59 Å². The highest BCUT2D eigenvalue weighted by Crippen LogP contribution is 2.26. The summed E-state index contributed by atoms with van der Waals surface area (Å²) in [6.45, 7) is 2.31. The van der Waals surface area contributed by atoms with Crippen LogP contribution >= 0.6 is 0 Å². The smallest absolute Gasteiger partial charge is 0.278 e. The van der Waals surface area contributed by atoms with E-state index < -0.39 is 6.03 Å². The summed E-state index contributed by atoms with van der Waals surface area (Å²) in [5.74, 6) is 0.378. The molecule has 2 heterocycles. The third-order valence-corrected chi connectivity index (χ3v) is 3.34. The minimum absolute atomic E-state index is 0.236. The average molecular weight is 255 g/mol. The monoisotopic (exact) mass is 255 g/mol. The van der Waals surface area contributed by atoms with Crippen LogP contribution in [0.1, 0.15) is 12.0 Å². The third kappa shape index (κ3) is 1.93. The Kier molecular flexibility index (Phi) is 2.67. The first-order chi connectivity index (χ1) is 9.16. The number of amides is 3. The molecule has 3 amide bonds. The van der Waals surface area contributed by atoms with E-state index in [2.05, 4.69) is 10.3 Å². The van der Waals surface area contributed by atoms with E-state index in [1.165, 1.54) is 4.90 Å². The molecule has 0 spiro atoms. The van der Waals surface area contributed by atoms with Gasteiger partial charge < -0.3 is 0 Å². The summed E-state index contributed by atoms with van der Waals surface area (Å²) in [4.78, 5) is 28.9. The molecule has 1 aliphatic rings. The molecule has 1 aromatic heterocycles. The maximum Gasteiger partial charge on any atom is 0.329 e. The first kappa shape index (κ1) is 11.6. The Hall–Kier alpha value is -2.43. The molecule has 1 aromatic carbocycles. The number of rotatable bonds is 1. The molecule has 96 valence electrons. The fourth-order valence-electron chi connectivity index (χ4n) is 2.34. The Morgan fingerprint density at radius 2 is 2.05 bits per heavy atom. The number of carbonyl (C=O) groups is 2. The molecule has 0 aliphatic carbocycles. The second-order valence-electron chi connectivity index (χ2n) is 4.55. The molecular weight excluding hydrogens is 242 g/mol. The molecule has 3 rings (SSSR count). The normalized spacial score (nSPS) is 15.7. The van der Waals surface area contributed by atoms with Crippen LogP contribution in [-0.2, 0) is 4.79 Å². The molecule has 0 saturated carbocycles. The standard InChI is InChI=1S/C14H13N3O2/c1-9-11-5-3-2-4-10(11)8-15-13(9)17-7-6-12(18)16-14(17)19/h2-5,8H,6-7H2,1H3,(H,16,18,19). The van der Waals surface area contributed by atoms with E-state index >= 15 is 0 Å². The van der Waals surface area contributed by atoms with Gasteiger partial charge in [-0.2, -0.15) is 0 Å². The lowest BCUT2D eigenvalue weighted by molar-refractivity contribution is -0.120. The maximum absolute atomic E-state index is 11.8. The highest BCUT2D eigenvalue weighted by Gasteiger charge is 2.26. The van der Waals surface area contributed by atoms with E-state index in [1.54, 1.807) is 6.20 Å². The van der Waals surface area contributed by atoms with Crippen molar-refractivity contribution in [3.63, 3.8) is 0 Å². The Morgan fingerprint density at radius 3 is 2.84 bits per heavy atom. The molecule has 1 aliphatic heterocycles. The van der Waals surface area contributed by atoms with Gasteiger partial charge in [0.2, 0.25) is 5.91 Å². The van der Waals surface area contributed by atoms with Crippen LogP contribution in [0.2, 0.25) is 0 Å². The summed E-state index contributed by atoms with van der Waals surface area (Å²) in [6, 6.07) is 7.50. The van der Waals surface area contributed by atoms with Crippen LogP contribution < -0.4 is 10.2 Å². The summed E-state index contributed by atoms with van der Waals surface area (Å²) in [5.41, 5.74) is 0.947. The van der Waals surface area contributed by atoms with E-state index in [4.69, 9.17) is 0 Å². The first-order valence-corrected chi connectivity index (χ1v) is 6.12. The second-order valence-corrected chi connectivity index (χ2v) is 4.55. The van der Waals surface area contributed by atoms with Crippen molar-refractivity contribution in [2.75, 3.05) is 11.4 Å². The molecular formula is C14H13N3O2. The third-order valence-electron chi connectivity index (χ3n) is 3.34. The van der Waals surface area contributed by atoms with Crippen LogP contribution in [0.5, 0.6) is 0 Å². The molecule has 0 atom stereocenters. The van der Waals surface area contributed by atoms with Crippen molar-refractivity contribution in [3.8, 4) is 0 Å². The van der Waals surface area contributed by atoms with Crippen molar-refractivity contribution in [3.05, 3.63) is 36.0 Å². The predicted octanol–water partition coefficient (Wildman–Crippen LogP) is 1.99.